The summed E-state index contributed by atoms with van der Waals surface area (Å²) in [7, 11) is 1.30. The van der Waals surface area contributed by atoms with E-state index in [0.29, 0.717) is 0 Å². The van der Waals surface area contributed by atoms with Crippen molar-refractivity contribution in [3.8, 4) is 0 Å². The Bertz CT molecular complexity index is 361. The maximum Gasteiger partial charge on any atom is 0.194 e. The summed E-state index contributed by atoms with van der Waals surface area (Å²) in [6.07, 6.45) is 0. The lowest BCUT2D eigenvalue weighted by Crippen LogP contribution is -2.12. The summed E-state index contributed by atoms with van der Waals surface area (Å²) in [5, 5.41) is 0. The molecular weight excluding hydrogens is 190 g/mol. The van der Waals surface area contributed by atoms with Crippen LogP contribution in [0, 0.1) is 18.6 Å². The molecule has 0 N–H and O–H groups in total. The van der Waals surface area contributed by atoms with Gasteiger partial charge in [0.15, 0.2) is 5.78 Å². The van der Waals surface area contributed by atoms with Gasteiger partial charge in [0.05, 0.1) is 5.56 Å². The Morgan fingerprint density at radius 1 is 1.43 bits per heavy atom. The molecule has 0 saturated heterocycles. The van der Waals surface area contributed by atoms with Crippen molar-refractivity contribution in [2.45, 2.75) is 6.92 Å². The Morgan fingerprint density at radius 3 is 2.64 bits per heavy atom. The zero-order valence-corrected chi connectivity index (χ0v) is 7.93. The van der Waals surface area contributed by atoms with Crippen molar-refractivity contribution in [1.82, 2.24) is 0 Å². The topological polar surface area (TPSA) is 26.3 Å². The van der Waals surface area contributed by atoms with E-state index in [1.807, 2.05) is 0 Å². The fourth-order valence-corrected chi connectivity index (χ4v) is 1.12. The molecule has 0 fully saturated rings. The van der Waals surface area contributed by atoms with Crippen molar-refractivity contribution in [3.05, 3.63) is 34.9 Å². The molecule has 0 aromatic heterocycles. The third kappa shape index (κ3) is 1.96. The predicted molar refractivity (Wildman–Crippen MR) is 47.3 cm³/mol. The van der Waals surface area contributed by atoms with Crippen LogP contribution in [-0.4, -0.2) is 19.5 Å². The van der Waals surface area contributed by atoms with E-state index in [0.717, 1.165) is 6.07 Å². The third-order valence-electron chi connectivity index (χ3n) is 1.84. The standard InChI is InChI=1S/C10H10F2O2/c1-6-3-4-7(11)9(10(6)12)8(13)5-14-2/h3-4H,5H2,1-2H3. The van der Waals surface area contributed by atoms with Gasteiger partial charge in [-0.15, -0.1) is 0 Å². The summed E-state index contributed by atoms with van der Waals surface area (Å²) in [5.41, 5.74) is -0.280. The number of ether oxygens (including phenoxy) is 1. The van der Waals surface area contributed by atoms with Gasteiger partial charge < -0.3 is 4.74 Å². The van der Waals surface area contributed by atoms with Crippen LogP contribution in [0.25, 0.3) is 0 Å². The molecule has 0 amide bonds. The summed E-state index contributed by atoms with van der Waals surface area (Å²) in [4.78, 5) is 11.2. The second-order valence-electron chi connectivity index (χ2n) is 2.91. The molecule has 4 heteroatoms. The number of rotatable bonds is 3. The zero-order chi connectivity index (χ0) is 10.7. The van der Waals surface area contributed by atoms with E-state index in [4.69, 9.17) is 0 Å². The zero-order valence-electron chi connectivity index (χ0n) is 7.93. The minimum atomic E-state index is -0.852. The number of aryl methyl sites for hydroxylation is 1. The molecule has 1 aromatic rings. The summed E-state index contributed by atoms with van der Waals surface area (Å²) in [6, 6.07) is 2.36. The van der Waals surface area contributed by atoms with E-state index in [1.54, 1.807) is 0 Å². The molecule has 0 saturated carbocycles. The average molecular weight is 200 g/mol. The predicted octanol–water partition coefficient (Wildman–Crippen LogP) is 2.10. The van der Waals surface area contributed by atoms with Crippen LogP contribution >= 0.6 is 0 Å². The Kier molecular flexibility index (Phi) is 3.30. The van der Waals surface area contributed by atoms with E-state index in [9.17, 15) is 13.6 Å². The number of hydrogen-bond donors (Lipinski definition) is 0. The summed E-state index contributed by atoms with van der Waals surface area (Å²) >= 11 is 0. The first-order chi connectivity index (χ1) is 6.57. The van der Waals surface area contributed by atoms with Crippen molar-refractivity contribution in [2.75, 3.05) is 13.7 Å². The first-order valence-electron chi connectivity index (χ1n) is 4.04. The van der Waals surface area contributed by atoms with E-state index in [1.165, 1.54) is 20.1 Å². The smallest absolute Gasteiger partial charge is 0.194 e. The molecule has 1 rings (SSSR count). The van der Waals surface area contributed by atoms with Gasteiger partial charge in [-0.25, -0.2) is 8.78 Å². The SMILES string of the molecule is COCC(=O)c1c(F)ccc(C)c1F. The van der Waals surface area contributed by atoms with Gasteiger partial charge in [-0.3, -0.25) is 4.79 Å². The Hall–Kier alpha value is -1.29. The van der Waals surface area contributed by atoms with Gasteiger partial charge in [0.2, 0.25) is 0 Å². The fourth-order valence-electron chi connectivity index (χ4n) is 1.12. The normalized spacial score (nSPS) is 10.3. The number of ketones is 1. The van der Waals surface area contributed by atoms with Crippen LogP contribution in [0.2, 0.25) is 0 Å². The highest BCUT2D eigenvalue weighted by atomic mass is 19.1. The Balaban J connectivity index is 3.18. The lowest BCUT2D eigenvalue weighted by Gasteiger charge is -2.05. The molecule has 0 heterocycles. The quantitative estimate of drug-likeness (QED) is 0.698. The molecule has 0 bridgehead atoms. The Morgan fingerprint density at radius 2 is 2.07 bits per heavy atom. The number of carbonyl (C=O) groups excluding carboxylic acids is 1. The highest BCUT2D eigenvalue weighted by Crippen LogP contribution is 2.16. The largest absolute Gasteiger partial charge is 0.377 e. The molecule has 0 atom stereocenters. The molecule has 14 heavy (non-hydrogen) atoms. The van der Waals surface area contributed by atoms with Crippen LogP contribution < -0.4 is 0 Å². The molecule has 0 spiro atoms. The molecule has 1 aromatic carbocycles. The van der Waals surface area contributed by atoms with E-state index in [-0.39, 0.29) is 12.2 Å². The third-order valence-corrected chi connectivity index (χ3v) is 1.84. The summed E-state index contributed by atoms with van der Waals surface area (Å²) < 4.78 is 30.9. The van der Waals surface area contributed by atoms with Gasteiger partial charge in [-0.1, -0.05) is 6.07 Å². The number of methoxy groups -OCH3 is 1. The van der Waals surface area contributed by atoms with Gasteiger partial charge in [0.1, 0.15) is 18.2 Å². The van der Waals surface area contributed by atoms with Crippen LogP contribution in [0.15, 0.2) is 12.1 Å². The second-order valence-corrected chi connectivity index (χ2v) is 2.91. The minimum Gasteiger partial charge on any atom is -0.377 e. The number of Topliss-reactive ketones (excluding diaryl/α,β-unsaturated/α-hetero) is 1. The highest BCUT2D eigenvalue weighted by molar-refractivity contribution is 5.97. The molecule has 2 nitrogen and oxygen atoms in total. The van der Waals surface area contributed by atoms with Crippen LogP contribution in [-0.2, 0) is 4.74 Å². The number of benzene rings is 1. The number of carbonyl (C=O) groups is 1. The van der Waals surface area contributed by atoms with Crippen LogP contribution in [0.3, 0.4) is 0 Å². The van der Waals surface area contributed by atoms with Gasteiger partial charge >= 0.3 is 0 Å². The minimum absolute atomic E-state index is 0.242. The number of halogens is 2. The second kappa shape index (κ2) is 4.28. The van der Waals surface area contributed by atoms with Crippen molar-refractivity contribution in [2.24, 2.45) is 0 Å². The molecule has 76 valence electrons. The first-order valence-corrected chi connectivity index (χ1v) is 4.04. The van der Waals surface area contributed by atoms with Crippen molar-refractivity contribution in [3.63, 3.8) is 0 Å². The average Bonchev–Trinajstić information content (AvgIpc) is 2.13. The van der Waals surface area contributed by atoms with Crippen molar-refractivity contribution >= 4 is 5.78 Å². The first kappa shape index (κ1) is 10.8. The van der Waals surface area contributed by atoms with E-state index < -0.39 is 23.0 Å². The van der Waals surface area contributed by atoms with Crippen LogP contribution in [0.1, 0.15) is 15.9 Å². The highest BCUT2D eigenvalue weighted by Gasteiger charge is 2.18. The Labute approximate surface area is 80.5 Å². The molecule has 0 aliphatic rings. The number of hydrogen-bond acceptors (Lipinski definition) is 2. The van der Waals surface area contributed by atoms with Crippen LogP contribution in [0.5, 0.6) is 0 Å². The van der Waals surface area contributed by atoms with E-state index >= 15 is 0 Å². The van der Waals surface area contributed by atoms with Gasteiger partial charge in [0, 0.05) is 7.11 Å². The molecule has 0 aliphatic heterocycles. The molecule has 0 radical (unpaired) electrons. The summed E-state index contributed by atoms with van der Waals surface area (Å²) in [6.45, 7) is 1.15. The van der Waals surface area contributed by atoms with Crippen LogP contribution in [0.4, 0.5) is 8.78 Å². The van der Waals surface area contributed by atoms with Gasteiger partial charge in [0.25, 0.3) is 0 Å². The maximum atomic E-state index is 13.3. The maximum absolute atomic E-state index is 13.3. The molecular formula is C10H10F2O2. The van der Waals surface area contributed by atoms with Crippen molar-refractivity contribution in [1.29, 1.82) is 0 Å². The van der Waals surface area contributed by atoms with Gasteiger partial charge in [-0.2, -0.15) is 0 Å². The van der Waals surface area contributed by atoms with Gasteiger partial charge in [-0.05, 0) is 18.6 Å². The van der Waals surface area contributed by atoms with Crippen molar-refractivity contribution < 1.29 is 18.3 Å². The van der Waals surface area contributed by atoms with E-state index in [2.05, 4.69) is 4.74 Å². The lowest BCUT2D eigenvalue weighted by atomic mass is 10.1. The molecule has 0 aliphatic carbocycles. The fraction of sp³-hybridized carbons (Fsp3) is 0.300. The lowest BCUT2D eigenvalue weighted by molar-refractivity contribution is 0.0839. The molecule has 0 unspecified atom stereocenters. The summed E-state index contributed by atoms with van der Waals surface area (Å²) in [5.74, 6) is -2.35. The monoisotopic (exact) mass is 200 g/mol.